The van der Waals surface area contributed by atoms with Crippen molar-refractivity contribution in [3.63, 3.8) is 0 Å². The van der Waals surface area contributed by atoms with Crippen molar-refractivity contribution < 1.29 is 14.5 Å². The average molecular weight is 306 g/mol. The highest BCUT2D eigenvalue weighted by atomic mass is 32.1. The molecular formula is C14H14N2O4S. The van der Waals surface area contributed by atoms with Crippen molar-refractivity contribution in [2.45, 2.75) is 13.0 Å². The summed E-state index contributed by atoms with van der Waals surface area (Å²) in [6, 6.07) is 8.06. The van der Waals surface area contributed by atoms with E-state index in [-0.39, 0.29) is 24.6 Å². The Morgan fingerprint density at radius 3 is 2.86 bits per heavy atom. The largest absolute Gasteiger partial charge is 0.380 e. The maximum atomic E-state index is 12.0. The maximum absolute atomic E-state index is 12.0. The summed E-state index contributed by atoms with van der Waals surface area (Å²) < 4.78 is 5.02. The summed E-state index contributed by atoms with van der Waals surface area (Å²) in [5, 5.41) is 15.5. The number of carbonyl (C=O) groups is 1. The van der Waals surface area contributed by atoms with Crippen LogP contribution in [0.15, 0.2) is 35.7 Å². The fourth-order valence-corrected chi connectivity index (χ4v) is 2.56. The quantitative estimate of drug-likeness (QED) is 0.657. The van der Waals surface area contributed by atoms with E-state index < -0.39 is 4.92 Å². The van der Waals surface area contributed by atoms with Crippen LogP contribution in [-0.2, 0) is 22.6 Å². The Bertz CT molecular complexity index is 640. The molecule has 2 aromatic rings. The Balaban J connectivity index is 2.14. The molecule has 0 spiro atoms. The zero-order chi connectivity index (χ0) is 15.2. The number of anilines is 1. The summed E-state index contributed by atoms with van der Waals surface area (Å²) in [5.74, 6) is -0.163. The van der Waals surface area contributed by atoms with Gasteiger partial charge < -0.3 is 10.1 Å². The van der Waals surface area contributed by atoms with E-state index in [9.17, 15) is 14.9 Å². The van der Waals surface area contributed by atoms with E-state index in [0.29, 0.717) is 11.3 Å². The van der Waals surface area contributed by atoms with Crippen LogP contribution in [-0.4, -0.2) is 17.9 Å². The van der Waals surface area contributed by atoms with Crippen molar-refractivity contribution >= 4 is 28.6 Å². The van der Waals surface area contributed by atoms with Gasteiger partial charge >= 0.3 is 0 Å². The van der Waals surface area contributed by atoms with E-state index in [1.54, 1.807) is 0 Å². The highest BCUT2D eigenvalue weighted by molar-refractivity contribution is 7.10. The second-order valence-corrected chi connectivity index (χ2v) is 5.37. The van der Waals surface area contributed by atoms with Crippen LogP contribution in [0.1, 0.15) is 10.4 Å². The zero-order valence-corrected chi connectivity index (χ0v) is 12.2. The molecule has 0 fully saturated rings. The molecule has 0 radical (unpaired) electrons. The predicted octanol–water partition coefficient (Wildman–Crippen LogP) is 2.98. The van der Waals surface area contributed by atoms with Crippen LogP contribution in [0.25, 0.3) is 0 Å². The molecule has 0 aliphatic carbocycles. The Kier molecular flexibility index (Phi) is 5.02. The second kappa shape index (κ2) is 6.96. The summed E-state index contributed by atoms with van der Waals surface area (Å²) in [7, 11) is 1.50. The van der Waals surface area contributed by atoms with Gasteiger partial charge in [-0.05, 0) is 17.5 Å². The first kappa shape index (κ1) is 15.1. The fraction of sp³-hybridized carbons (Fsp3) is 0.214. The summed E-state index contributed by atoms with van der Waals surface area (Å²) in [6.45, 7) is 0.191. The molecule has 110 valence electrons. The number of nitrogens with zero attached hydrogens (tertiary/aromatic N) is 1. The number of amides is 1. The third-order valence-corrected chi connectivity index (χ3v) is 3.66. The Morgan fingerprint density at radius 2 is 2.24 bits per heavy atom. The predicted molar refractivity (Wildman–Crippen MR) is 80.5 cm³/mol. The van der Waals surface area contributed by atoms with Gasteiger partial charge in [0.05, 0.1) is 18.0 Å². The van der Waals surface area contributed by atoms with Gasteiger partial charge in [-0.25, -0.2) is 0 Å². The smallest absolute Gasteiger partial charge is 0.269 e. The molecule has 2 rings (SSSR count). The van der Waals surface area contributed by atoms with Crippen molar-refractivity contribution in [2.75, 3.05) is 12.4 Å². The van der Waals surface area contributed by atoms with Gasteiger partial charge in [-0.15, -0.1) is 11.3 Å². The molecule has 21 heavy (non-hydrogen) atoms. The molecule has 0 atom stereocenters. The summed E-state index contributed by atoms with van der Waals surface area (Å²) >= 11 is 1.51. The normalized spacial score (nSPS) is 10.3. The van der Waals surface area contributed by atoms with Crippen LogP contribution >= 0.6 is 11.3 Å². The second-order valence-electron chi connectivity index (χ2n) is 4.34. The number of hydrogen-bond acceptors (Lipinski definition) is 5. The first-order chi connectivity index (χ1) is 10.1. The van der Waals surface area contributed by atoms with E-state index in [2.05, 4.69) is 5.32 Å². The molecule has 0 aliphatic rings. The third kappa shape index (κ3) is 4.11. The van der Waals surface area contributed by atoms with Gasteiger partial charge in [-0.1, -0.05) is 6.07 Å². The number of thiophene rings is 1. The third-order valence-electron chi connectivity index (χ3n) is 2.79. The van der Waals surface area contributed by atoms with Crippen LogP contribution in [0.4, 0.5) is 11.4 Å². The topological polar surface area (TPSA) is 81.5 Å². The SMILES string of the molecule is COCc1cc([N+](=O)[O-])ccc1NC(=O)Cc1cccs1. The van der Waals surface area contributed by atoms with Crippen molar-refractivity contribution in [2.24, 2.45) is 0 Å². The Labute approximate surface area is 125 Å². The minimum absolute atomic E-state index is 0.0293. The molecule has 6 nitrogen and oxygen atoms in total. The standard InChI is InChI=1S/C14H14N2O4S/c1-20-9-10-7-11(16(18)19)4-5-13(10)15-14(17)8-12-3-2-6-21-12/h2-7H,8-9H2,1H3,(H,15,17). The van der Waals surface area contributed by atoms with Crippen LogP contribution in [0.3, 0.4) is 0 Å². The summed E-state index contributed by atoms with van der Waals surface area (Å²) in [5.41, 5.74) is 1.08. The lowest BCUT2D eigenvalue weighted by Crippen LogP contribution is -2.15. The number of methoxy groups -OCH3 is 1. The number of hydrogen-bond donors (Lipinski definition) is 1. The molecule has 1 aromatic heterocycles. The molecular weight excluding hydrogens is 292 g/mol. The molecule has 1 amide bonds. The number of ether oxygens (including phenoxy) is 1. The molecule has 1 aromatic carbocycles. The van der Waals surface area contributed by atoms with Crippen LogP contribution in [0.5, 0.6) is 0 Å². The van der Waals surface area contributed by atoms with Gasteiger partial charge in [0.15, 0.2) is 0 Å². The average Bonchev–Trinajstić information content (AvgIpc) is 2.93. The van der Waals surface area contributed by atoms with E-state index in [1.165, 1.54) is 36.6 Å². The number of benzene rings is 1. The minimum atomic E-state index is -0.476. The monoisotopic (exact) mass is 306 g/mol. The van der Waals surface area contributed by atoms with Crippen molar-refractivity contribution in [3.05, 3.63) is 56.3 Å². The number of rotatable bonds is 6. The lowest BCUT2D eigenvalue weighted by atomic mass is 10.1. The number of nitro groups is 1. The zero-order valence-electron chi connectivity index (χ0n) is 11.4. The van der Waals surface area contributed by atoms with E-state index in [1.807, 2.05) is 17.5 Å². The molecule has 0 aliphatic heterocycles. The lowest BCUT2D eigenvalue weighted by Gasteiger charge is -2.10. The molecule has 1 N–H and O–H groups in total. The Hall–Kier alpha value is -2.25. The van der Waals surface area contributed by atoms with Crippen molar-refractivity contribution in [1.29, 1.82) is 0 Å². The highest BCUT2D eigenvalue weighted by Gasteiger charge is 2.13. The minimum Gasteiger partial charge on any atom is -0.380 e. The number of carbonyl (C=O) groups excluding carboxylic acids is 1. The maximum Gasteiger partial charge on any atom is 0.269 e. The van der Waals surface area contributed by atoms with E-state index in [4.69, 9.17) is 4.74 Å². The van der Waals surface area contributed by atoms with Crippen LogP contribution < -0.4 is 5.32 Å². The molecule has 1 heterocycles. The lowest BCUT2D eigenvalue weighted by molar-refractivity contribution is -0.384. The molecule has 0 saturated carbocycles. The Morgan fingerprint density at radius 1 is 1.43 bits per heavy atom. The van der Waals surface area contributed by atoms with Gasteiger partial charge in [-0.2, -0.15) is 0 Å². The van der Waals surface area contributed by atoms with Gasteiger partial charge in [-0.3, -0.25) is 14.9 Å². The summed E-state index contributed by atoms with van der Waals surface area (Å²) in [6.07, 6.45) is 0.279. The van der Waals surface area contributed by atoms with Crippen LogP contribution in [0, 0.1) is 10.1 Å². The van der Waals surface area contributed by atoms with Gasteiger partial charge in [0.25, 0.3) is 5.69 Å². The molecule has 0 unspecified atom stereocenters. The molecule has 0 bridgehead atoms. The van der Waals surface area contributed by atoms with Gasteiger partial charge in [0, 0.05) is 35.4 Å². The molecule has 0 saturated heterocycles. The highest BCUT2D eigenvalue weighted by Crippen LogP contribution is 2.23. The number of nitrogens with one attached hydrogen (secondary N) is 1. The van der Waals surface area contributed by atoms with E-state index >= 15 is 0 Å². The van der Waals surface area contributed by atoms with Gasteiger partial charge in [0.1, 0.15) is 0 Å². The van der Waals surface area contributed by atoms with Gasteiger partial charge in [0.2, 0.25) is 5.91 Å². The van der Waals surface area contributed by atoms with E-state index in [0.717, 1.165) is 4.88 Å². The first-order valence-corrected chi connectivity index (χ1v) is 7.06. The molecule has 7 heteroatoms. The fourth-order valence-electron chi connectivity index (χ4n) is 1.86. The number of non-ortho nitro benzene ring substituents is 1. The number of nitro benzene ring substituents is 1. The van der Waals surface area contributed by atoms with Crippen molar-refractivity contribution in [3.8, 4) is 0 Å². The first-order valence-electron chi connectivity index (χ1n) is 6.18. The van der Waals surface area contributed by atoms with Crippen molar-refractivity contribution in [1.82, 2.24) is 0 Å². The summed E-state index contributed by atoms with van der Waals surface area (Å²) in [4.78, 5) is 23.2. The van der Waals surface area contributed by atoms with Crippen LogP contribution in [0.2, 0.25) is 0 Å².